The van der Waals surface area contributed by atoms with Gasteiger partial charge in [-0.25, -0.2) is 9.79 Å². The van der Waals surface area contributed by atoms with Crippen LogP contribution in [0.4, 0.5) is 4.79 Å². The number of piperidine rings is 1. The molecule has 0 aromatic heterocycles. The summed E-state index contributed by atoms with van der Waals surface area (Å²) in [4.78, 5) is 37.3. The van der Waals surface area contributed by atoms with E-state index < -0.39 is 12.2 Å². The molecule has 5 rings (SSSR count). The van der Waals surface area contributed by atoms with Crippen LogP contribution in [0.25, 0.3) is 0 Å². The Kier molecular flexibility index (Phi) is 5.63. The first-order chi connectivity index (χ1) is 15.5. The van der Waals surface area contributed by atoms with E-state index in [1.807, 2.05) is 11.1 Å². The van der Waals surface area contributed by atoms with Crippen LogP contribution < -0.4 is 5.32 Å². The Balaban J connectivity index is 1.12. The molecule has 2 fully saturated rings. The molecule has 1 aromatic rings. The van der Waals surface area contributed by atoms with Crippen molar-refractivity contribution in [2.75, 3.05) is 33.2 Å². The van der Waals surface area contributed by atoms with Crippen LogP contribution in [-0.4, -0.2) is 82.9 Å². The predicted molar refractivity (Wildman–Crippen MR) is 123 cm³/mol. The standard InChI is InChI=1S/C24H32N6O2/c1-17-16-30-20-21(27(2)24(32)26-22(20)31)25-23(30)29(17)12-6-11-28-13-9-19(10-14-28)15-18-7-4-3-5-8-18/h3-5,7-8,16,19-21H,6,9-15H2,1-2H3,(H,26,31,32). The summed E-state index contributed by atoms with van der Waals surface area (Å²) in [6, 6.07) is 9.96. The third kappa shape index (κ3) is 3.88. The van der Waals surface area contributed by atoms with Gasteiger partial charge in [-0.3, -0.25) is 10.1 Å². The molecule has 3 amide bonds. The first-order valence-electron chi connectivity index (χ1n) is 11.7. The smallest absolute Gasteiger partial charge is 0.315 e. The SMILES string of the molecule is CC1=CN2C(=NC3C2C(=O)NC(=O)N3C)N1CCCN1CCC(Cc2ccccc2)CC1. The number of fused-ring (bicyclic) bond motifs is 3. The number of likely N-dealkylation sites (tertiary alicyclic amines) is 1. The van der Waals surface area contributed by atoms with Gasteiger partial charge in [-0.2, -0.15) is 0 Å². The number of hydrogen-bond donors (Lipinski definition) is 1. The summed E-state index contributed by atoms with van der Waals surface area (Å²) in [7, 11) is 1.69. The maximum atomic E-state index is 12.4. The number of carbonyl (C=O) groups excluding carboxylic acids is 2. The summed E-state index contributed by atoms with van der Waals surface area (Å²) >= 11 is 0. The van der Waals surface area contributed by atoms with Crippen molar-refractivity contribution < 1.29 is 9.59 Å². The predicted octanol–water partition coefficient (Wildman–Crippen LogP) is 2.06. The average Bonchev–Trinajstić information content (AvgIpc) is 3.30. The number of allylic oxidation sites excluding steroid dienone is 1. The highest BCUT2D eigenvalue weighted by molar-refractivity contribution is 6.04. The highest BCUT2D eigenvalue weighted by atomic mass is 16.2. The van der Waals surface area contributed by atoms with Gasteiger partial charge in [-0.05, 0) is 63.7 Å². The zero-order chi connectivity index (χ0) is 22.2. The molecule has 0 bridgehead atoms. The molecule has 8 nitrogen and oxygen atoms in total. The number of benzene rings is 1. The van der Waals surface area contributed by atoms with Crippen molar-refractivity contribution in [1.82, 2.24) is 24.9 Å². The van der Waals surface area contributed by atoms with E-state index in [2.05, 4.69) is 52.4 Å². The average molecular weight is 437 g/mol. The number of amides is 3. The lowest BCUT2D eigenvalue weighted by Gasteiger charge is -2.34. The Bertz CT molecular complexity index is 937. The zero-order valence-electron chi connectivity index (χ0n) is 18.9. The summed E-state index contributed by atoms with van der Waals surface area (Å²) in [5.74, 6) is 1.30. The lowest BCUT2D eigenvalue weighted by atomic mass is 9.90. The number of nitrogens with zero attached hydrogens (tertiary/aromatic N) is 5. The Morgan fingerprint density at radius 2 is 1.84 bits per heavy atom. The second-order valence-corrected chi connectivity index (χ2v) is 9.35. The fourth-order valence-corrected chi connectivity index (χ4v) is 5.34. The number of rotatable bonds is 6. The lowest BCUT2D eigenvalue weighted by Crippen LogP contribution is -2.62. The van der Waals surface area contributed by atoms with E-state index in [1.54, 1.807) is 7.05 Å². The van der Waals surface area contributed by atoms with E-state index in [-0.39, 0.29) is 11.9 Å². The van der Waals surface area contributed by atoms with Crippen LogP contribution in [0.1, 0.15) is 31.7 Å². The van der Waals surface area contributed by atoms with Gasteiger partial charge in [0.15, 0.2) is 12.2 Å². The van der Waals surface area contributed by atoms with Gasteiger partial charge < -0.3 is 19.6 Å². The van der Waals surface area contributed by atoms with Gasteiger partial charge in [0, 0.05) is 25.5 Å². The summed E-state index contributed by atoms with van der Waals surface area (Å²) in [5, 5.41) is 2.43. The fraction of sp³-hybridized carbons (Fsp3) is 0.542. The van der Waals surface area contributed by atoms with Gasteiger partial charge in [-0.1, -0.05) is 30.3 Å². The Hall–Kier alpha value is -2.87. The van der Waals surface area contributed by atoms with Crippen molar-refractivity contribution in [3.05, 3.63) is 47.8 Å². The van der Waals surface area contributed by atoms with Crippen LogP contribution in [0.5, 0.6) is 0 Å². The third-order valence-corrected chi connectivity index (χ3v) is 7.20. The lowest BCUT2D eigenvalue weighted by molar-refractivity contribution is -0.126. The van der Waals surface area contributed by atoms with E-state index in [1.165, 1.54) is 29.7 Å². The van der Waals surface area contributed by atoms with Crippen LogP contribution in [0, 0.1) is 5.92 Å². The zero-order valence-corrected chi connectivity index (χ0v) is 18.9. The molecule has 2 atom stereocenters. The number of guanidine groups is 1. The molecular weight excluding hydrogens is 404 g/mol. The number of imide groups is 1. The fourth-order valence-electron chi connectivity index (χ4n) is 5.34. The highest BCUT2D eigenvalue weighted by Crippen LogP contribution is 2.32. The van der Waals surface area contributed by atoms with Crippen molar-refractivity contribution in [2.24, 2.45) is 10.9 Å². The van der Waals surface area contributed by atoms with E-state index >= 15 is 0 Å². The van der Waals surface area contributed by atoms with Crippen molar-refractivity contribution in [3.8, 4) is 0 Å². The van der Waals surface area contributed by atoms with Gasteiger partial charge >= 0.3 is 6.03 Å². The molecule has 170 valence electrons. The van der Waals surface area contributed by atoms with Crippen molar-refractivity contribution >= 4 is 17.9 Å². The first-order valence-corrected chi connectivity index (χ1v) is 11.7. The third-order valence-electron chi connectivity index (χ3n) is 7.20. The summed E-state index contributed by atoms with van der Waals surface area (Å²) in [6.07, 6.45) is 6.28. The van der Waals surface area contributed by atoms with Crippen LogP contribution in [0.15, 0.2) is 47.2 Å². The highest BCUT2D eigenvalue weighted by Gasteiger charge is 2.51. The largest absolute Gasteiger partial charge is 0.325 e. The van der Waals surface area contributed by atoms with Crippen LogP contribution in [0.2, 0.25) is 0 Å². The molecule has 0 saturated carbocycles. The minimum atomic E-state index is -0.476. The van der Waals surface area contributed by atoms with Crippen LogP contribution >= 0.6 is 0 Å². The number of nitrogens with one attached hydrogen (secondary N) is 1. The second-order valence-electron chi connectivity index (χ2n) is 9.35. The first kappa shape index (κ1) is 21.0. The molecule has 1 aromatic carbocycles. The Morgan fingerprint density at radius 1 is 1.09 bits per heavy atom. The number of likely N-dealkylation sites (N-methyl/N-ethyl adjacent to an activating group) is 1. The van der Waals surface area contributed by atoms with Gasteiger partial charge in [-0.15, -0.1) is 0 Å². The number of urea groups is 1. The maximum Gasteiger partial charge on any atom is 0.325 e. The molecule has 4 heterocycles. The quantitative estimate of drug-likeness (QED) is 0.739. The maximum absolute atomic E-state index is 12.4. The molecule has 1 N–H and O–H groups in total. The van der Waals surface area contributed by atoms with Crippen molar-refractivity contribution in [1.29, 1.82) is 0 Å². The minimum absolute atomic E-state index is 0.277. The van der Waals surface area contributed by atoms with E-state index in [4.69, 9.17) is 4.99 Å². The topological polar surface area (TPSA) is 71.5 Å². The number of aliphatic imine (C=N–C) groups is 1. The van der Waals surface area contributed by atoms with E-state index in [0.717, 1.165) is 50.2 Å². The molecule has 8 heteroatoms. The number of hydrogen-bond acceptors (Lipinski definition) is 6. The summed E-state index contributed by atoms with van der Waals surface area (Å²) < 4.78 is 0. The van der Waals surface area contributed by atoms with Crippen LogP contribution in [-0.2, 0) is 11.2 Å². The molecule has 4 aliphatic heterocycles. The monoisotopic (exact) mass is 436 g/mol. The molecule has 2 unspecified atom stereocenters. The summed E-state index contributed by atoms with van der Waals surface area (Å²) in [6.45, 7) is 6.31. The molecule has 4 aliphatic rings. The molecule has 0 radical (unpaired) electrons. The van der Waals surface area contributed by atoms with Crippen molar-refractivity contribution in [3.63, 3.8) is 0 Å². The van der Waals surface area contributed by atoms with Gasteiger partial charge in [0.1, 0.15) is 0 Å². The van der Waals surface area contributed by atoms with Gasteiger partial charge in [0.25, 0.3) is 5.91 Å². The Labute approximate surface area is 189 Å². The molecule has 0 aliphatic carbocycles. The number of carbonyl (C=O) groups is 2. The molecule has 2 saturated heterocycles. The molecule has 0 spiro atoms. The molecule has 32 heavy (non-hydrogen) atoms. The van der Waals surface area contributed by atoms with Gasteiger partial charge in [0.2, 0.25) is 5.96 Å². The van der Waals surface area contributed by atoms with Crippen molar-refractivity contribution in [2.45, 2.75) is 44.8 Å². The molecular formula is C24H32N6O2. The normalized spacial score (nSPS) is 26.1. The van der Waals surface area contributed by atoms with E-state index in [9.17, 15) is 9.59 Å². The van der Waals surface area contributed by atoms with Gasteiger partial charge in [0.05, 0.1) is 0 Å². The van der Waals surface area contributed by atoms with Crippen LogP contribution in [0.3, 0.4) is 0 Å². The minimum Gasteiger partial charge on any atom is -0.315 e. The van der Waals surface area contributed by atoms with E-state index in [0.29, 0.717) is 0 Å². The summed E-state index contributed by atoms with van der Waals surface area (Å²) in [5.41, 5.74) is 2.54. The second kappa shape index (κ2) is 8.58. The Morgan fingerprint density at radius 3 is 2.59 bits per heavy atom.